The van der Waals surface area contributed by atoms with Crippen molar-refractivity contribution in [1.29, 1.82) is 10.5 Å². The van der Waals surface area contributed by atoms with E-state index in [1.54, 1.807) is 28.5 Å². The number of aryl methyl sites for hydroxylation is 1. The van der Waals surface area contributed by atoms with E-state index in [9.17, 15) is 32.1 Å². The third-order valence-corrected chi connectivity index (χ3v) is 7.32. The molecule has 1 N–H and O–H groups in total. The molecule has 4 heterocycles. The Labute approximate surface area is 201 Å². The lowest BCUT2D eigenvalue weighted by Crippen LogP contribution is -2.42. The molecule has 0 aliphatic carbocycles. The number of hydrogen-bond acceptors (Lipinski definition) is 8. The number of nitrogens with zero attached hydrogens (tertiary/aromatic N) is 6. The average Bonchev–Trinajstić information content (AvgIpc) is 3.39. The summed E-state index contributed by atoms with van der Waals surface area (Å²) < 4.78 is 66.4. The lowest BCUT2D eigenvalue weighted by Gasteiger charge is -2.17. The molecule has 0 saturated heterocycles. The Hall–Kier alpha value is -3.85. The van der Waals surface area contributed by atoms with E-state index in [1.807, 2.05) is 6.07 Å². The Morgan fingerprint density at radius 1 is 1.17 bits per heavy atom. The summed E-state index contributed by atoms with van der Waals surface area (Å²) in [5, 5.41) is 21.5. The highest BCUT2D eigenvalue weighted by atomic mass is 32.2. The number of sulfonamides is 1. The van der Waals surface area contributed by atoms with E-state index in [0.29, 0.717) is 23.1 Å². The minimum Gasteiger partial charge on any atom is -0.266 e. The monoisotopic (exact) mass is 517 g/mol. The summed E-state index contributed by atoms with van der Waals surface area (Å²) in [6.07, 6.45) is -2.26. The molecule has 0 fully saturated rings. The predicted octanol–water partition coefficient (Wildman–Crippen LogP) is 3.82. The van der Waals surface area contributed by atoms with Gasteiger partial charge in [-0.2, -0.15) is 28.4 Å². The van der Waals surface area contributed by atoms with Crippen LogP contribution in [0.15, 0.2) is 40.9 Å². The van der Waals surface area contributed by atoms with Gasteiger partial charge < -0.3 is 0 Å². The third-order valence-electron chi connectivity index (χ3n) is 4.97. The summed E-state index contributed by atoms with van der Waals surface area (Å²) in [4.78, 5) is 12.3. The molecule has 4 aromatic rings. The van der Waals surface area contributed by atoms with Gasteiger partial charge in [0.1, 0.15) is 28.7 Å². The highest BCUT2D eigenvalue weighted by molar-refractivity contribution is 7.89. The second kappa shape index (κ2) is 8.74. The quantitative estimate of drug-likeness (QED) is 0.425. The molecule has 35 heavy (non-hydrogen) atoms. The number of nitrogens with one attached hydrogen (secondary N) is 1. The Balaban J connectivity index is 1.88. The summed E-state index contributed by atoms with van der Waals surface area (Å²) in [6, 6.07) is 5.88. The van der Waals surface area contributed by atoms with Crippen molar-refractivity contribution >= 4 is 32.4 Å². The van der Waals surface area contributed by atoms with Gasteiger partial charge >= 0.3 is 6.18 Å². The van der Waals surface area contributed by atoms with Gasteiger partial charge in [0.25, 0.3) is 0 Å². The van der Waals surface area contributed by atoms with Crippen molar-refractivity contribution < 1.29 is 21.6 Å². The average molecular weight is 518 g/mol. The number of rotatable bonds is 5. The maximum Gasteiger partial charge on any atom is 0.404 e. The fraction of sp³-hybridized carbons (Fsp3) is 0.190. The molecule has 0 saturated carbocycles. The molecule has 9 nitrogen and oxygen atoms in total. The van der Waals surface area contributed by atoms with Gasteiger partial charge in [0.15, 0.2) is 10.8 Å². The lowest BCUT2D eigenvalue weighted by molar-refractivity contribution is -0.147. The van der Waals surface area contributed by atoms with Crippen molar-refractivity contribution in [3.8, 4) is 28.7 Å². The summed E-state index contributed by atoms with van der Waals surface area (Å²) in [5.41, 5.74) is 1.92. The number of hydrogen-bond donors (Lipinski definition) is 1. The van der Waals surface area contributed by atoms with E-state index >= 15 is 0 Å². The van der Waals surface area contributed by atoms with Gasteiger partial charge in [-0.05, 0) is 37.6 Å². The van der Waals surface area contributed by atoms with Crippen LogP contribution in [0, 0.1) is 29.6 Å². The minimum absolute atomic E-state index is 0.155. The van der Waals surface area contributed by atoms with Crippen molar-refractivity contribution in [2.45, 2.75) is 31.0 Å². The third kappa shape index (κ3) is 4.46. The fourth-order valence-electron chi connectivity index (χ4n) is 3.28. The Bertz CT molecular complexity index is 1630. The Morgan fingerprint density at radius 3 is 2.49 bits per heavy atom. The molecule has 4 rings (SSSR count). The van der Waals surface area contributed by atoms with Crippen molar-refractivity contribution in [2.75, 3.05) is 0 Å². The van der Waals surface area contributed by atoms with Crippen LogP contribution in [0.3, 0.4) is 0 Å². The van der Waals surface area contributed by atoms with E-state index in [0.717, 1.165) is 29.2 Å². The summed E-state index contributed by atoms with van der Waals surface area (Å²) in [5.74, 6) is 0. The summed E-state index contributed by atoms with van der Waals surface area (Å²) in [7, 11) is -4.51. The van der Waals surface area contributed by atoms with Gasteiger partial charge in [-0.1, -0.05) is 0 Å². The first-order valence-electron chi connectivity index (χ1n) is 9.79. The highest BCUT2D eigenvalue weighted by Crippen LogP contribution is 2.36. The molecule has 0 spiro atoms. The molecular weight excluding hydrogens is 503 g/mol. The van der Waals surface area contributed by atoms with E-state index in [2.05, 4.69) is 21.0 Å². The van der Waals surface area contributed by atoms with Gasteiger partial charge in [0.05, 0.1) is 17.0 Å². The Morgan fingerprint density at radius 2 is 1.91 bits per heavy atom. The second-order valence-electron chi connectivity index (χ2n) is 7.45. The first-order valence-corrected chi connectivity index (χ1v) is 12.1. The van der Waals surface area contributed by atoms with Crippen LogP contribution in [0.2, 0.25) is 0 Å². The van der Waals surface area contributed by atoms with Crippen LogP contribution in [0.25, 0.3) is 27.6 Å². The fourth-order valence-corrected chi connectivity index (χ4v) is 5.21. The molecule has 0 radical (unpaired) electrons. The lowest BCUT2D eigenvalue weighted by atomic mass is 10.1. The van der Waals surface area contributed by atoms with E-state index < -0.39 is 27.1 Å². The van der Waals surface area contributed by atoms with Gasteiger partial charge in [-0.15, -0.1) is 11.3 Å². The van der Waals surface area contributed by atoms with Crippen LogP contribution < -0.4 is 4.72 Å². The zero-order chi connectivity index (χ0) is 25.5. The topological polar surface area (TPSA) is 137 Å². The second-order valence-corrected chi connectivity index (χ2v) is 10.00. The SMILES string of the molecule is Cc1cnc2c(c1)c(C#N)c(-c1ccc(S(=O)(=O)N[C@@H](C)C(F)(F)F)cn1)n2-c1nc(C#N)cs1. The zero-order valence-electron chi connectivity index (χ0n) is 18.0. The first-order chi connectivity index (χ1) is 16.5. The van der Waals surface area contributed by atoms with E-state index in [-0.39, 0.29) is 22.6 Å². The van der Waals surface area contributed by atoms with Crippen molar-refractivity contribution in [2.24, 2.45) is 0 Å². The number of alkyl halides is 3. The molecule has 178 valence electrons. The highest BCUT2D eigenvalue weighted by Gasteiger charge is 2.39. The molecule has 4 aromatic heterocycles. The number of fused-ring (bicyclic) bond motifs is 1. The van der Waals surface area contributed by atoms with Gasteiger partial charge in [-0.3, -0.25) is 9.55 Å². The number of thiazole rings is 1. The number of aromatic nitrogens is 4. The smallest absolute Gasteiger partial charge is 0.266 e. The zero-order valence-corrected chi connectivity index (χ0v) is 19.6. The molecule has 0 aliphatic rings. The molecule has 1 atom stereocenters. The Kier molecular flexibility index (Phi) is 6.06. The summed E-state index contributed by atoms with van der Waals surface area (Å²) in [6.45, 7) is 2.49. The van der Waals surface area contributed by atoms with Gasteiger partial charge in [-0.25, -0.2) is 18.4 Å². The molecule has 0 amide bonds. The molecule has 0 aromatic carbocycles. The maximum atomic E-state index is 12.8. The molecule has 0 unspecified atom stereocenters. The van der Waals surface area contributed by atoms with Crippen LogP contribution in [0.4, 0.5) is 13.2 Å². The predicted molar refractivity (Wildman–Crippen MR) is 120 cm³/mol. The van der Waals surface area contributed by atoms with Crippen molar-refractivity contribution in [3.63, 3.8) is 0 Å². The van der Waals surface area contributed by atoms with Crippen LogP contribution in [-0.2, 0) is 10.0 Å². The van der Waals surface area contributed by atoms with E-state index in [1.165, 1.54) is 11.4 Å². The van der Waals surface area contributed by atoms with E-state index in [4.69, 9.17) is 0 Å². The standard InChI is InChI=1S/C21H14F3N7O2S2/c1-11-5-15-16(7-26)18(31(19(15)28-8-11)20-29-13(6-25)10-34-20)17-4-3-14(9-27-17)35(32,33)30-12(2)21(22,23)24/h3-5,8-10,12,30H,1-2H3/t12-/m0/s1. The molecule has 0 bridgehead atoms. The van der Waals surface area contributed by atoms with Crippen molar-refractivity contribution in [1.82, 2.24) is 24.2 Å². The largest absolute Gasteiger partial charge is 0.404 e. The number of halogens is 3. The normalized spacial score (nSPS) is 12.9. The van der Waals surface area contributed by atoms with Crippen LogP contribution >= 0.6 is 11.3 Å². The molecule has 0 aliphatic heterocycles. The van der Waals surface area contributed by atoms with Gasteiger partial charge in [0, 0.05) is 23.2 Å². The maximum absolute atomic E-state index is 12.8. The summed E-state index contributed by atoms with van der Waals surface area (Å²) >= 11 is 1.14. The van der Waals surface area contributed by atoms with Crippen LogP contribution in [0.1, 0.15) is 23.7 Å². The molecular formula is C21H14F3N7O2S2. The van der Waals surface area contributed by atoms with Gasteiger partial charge in [0.2, 0.25) is 10.0 Å². The van der Waals surface area contributed by atoms with Crippen LogP contribution in [0.5, 0.6) is 0 Å². The first kappa shape index (κ1) is 24.3. The van der Waals surface area contributed by atoms with Crippen molar-refractivity contribution in [3.05, 3.63) is 52.8 Å². The molecule has 14 heteroatoms. The number of pyridine rings is 2. The number of nitriles is 2. The van der Waals surface area contributed by atoms with Crippen LogP contribution in [-0.4, -0.2) is 40.2 Å². The minimum atomic E-state index is -4.76.